The topological polar surface area (TPSA) is 0 Å². The van der Waals surface area contributed by atoms with Gasteiger partial charge in [0.15, 0.2) is 11.6 Å². The van der Waals surface area contributed by atoms with Gasteiger partial charge in [-0.2, -0.15) is 0 Å². The molecule has 0 heterocycles. The van der Waals surface area contributed by atoms with Crippen molar-refractivity contribution >= 4 is 10.8 Å². The first-order valence-electron chi connectivity index (χ1n) is 10.3. The van der Waals surface area contributed by atoms with Gasteiger partial charge in [-0.25, -0.2) is 13.2 Å². The summed E-state index contributed by atoms with van der Waals surface area (Å²) in [6.45, 7) is 2.12. The van der Waals surface area contributed by atoms with Crippen LogP contribution < -0.4 is 0 Å². The monoisotopic (exact) mass is 414 g/mol. The molecule has 0 radical (unpaired) electrons. The summed E-state index contributed by atoms with van der Waals surface area (Å²) in [7, 11) is 0. The largest absolute Gasteiger partial charge is 0.206 e. The molecule has 0 unspecified atom stereocenters. The van der Waals surface area contributed by atoms with Gasteiger partial charge in [0, 0.05) is 16.7 Å². The molecule has 0 saturated carbocycles. The van der Waals surface area contributed by atoms with E-state index in [1.807, 2.05) is 36.4 Å². The smallest absolute Gasteiger partial charge is 0.159 e. The van der Waals surface area contributed by atoms with Crippen LogP contribution in [0.4, 0.5) is 13.2 Å². The third-order valence-corrected chi connectivity index (χ3v) is 5.28. The maximum Gasteiger partial charge on any atom is 0.159 e. The molecule has 0 aromatic heterocycles. The molecule has 0 saturated heterocycles. The zero-order chi connectivity index (χ0) is 21.8. The number of hydrogen-bond acceptors (Lipinski definition) is 0. The Balaban J connectivity index is 1.54. The van der Waals surface area contributed by atoms with Crippen LogP contribution in [-0.4, -0.2) is 0 Å². The molecule has 0 fully saturated rings. The van der Waals surface area contributed by atoms with E-state index in [9.17, 15) is 13.2 Å². The Bertz CT molecular complexity index is 1290. The van der Waals surface area contributed by atoms with E-state index in [2.05, 4.69) is 18.8 Å². The summed E-state index contributed by atoms with van der Waals surface area (Å²) in [5.74, 6) is 4.16. The number of hydrogen-bond donors (Lipinski definition) is 0. The summed E-state index contributed by atoms with van der Waals surface area (Å²) >= 11 is 0. The molecule has 0 aliphatic rings. The van der Waals surface area contributed by atoms with Gasteiger partial charge in [0.25, 0.3) is 0 Å². The molecule has 4 aromatic carbocycles. The van der Waals surface area contributed by atoms with E-state index in [1.165, 1.54) is 12.1 Å². The molecule has 0 atom stereocenters. The van der Waals surface area contributed by atoms with E-state index in [4.69, 9.17) is 0 Å². The molecular weight excluding hydrogens is 393 g/mol. The van der Waals surface area contributed by atoms with Crippen LogP contribution in [0, 0.1) is 29.3 Å². The molecule has 3 heteroatoms. The van der Waals surface area contributed by atoms with Crippen LogP contribution in [0.5, 0.6) is 0 Å². The van der Waals surface area contributed by atoms with Gasteiger partial charge >= 0.3 is 0 Å². The minimum Gasteiger partial charge on any atom is -0.206 e. The van der Waals surface area contributed by atoms with E-state index >= 15 is 0 Å². The first-order valence-corrected chi connectivity index (χ1v) is 10.3. The van der Waals surface area contributed by atoms with Gasteiger partial charge in [-0.15, -0.1) is 0 Å². The van der Waals surface area contributed by atoms with Crippen LogP contribution in [0.15, 0.2) is 72.8 Å². The van der Waals surface area contributed by atoms with Crippen LogP contribution >= 0.6 is 0 Å². The van der Waals surface area contributed by atoms with Crippen molar-refractivity contribution in [1.82, 2.24) is 0 Å². The number of halogens is 3. The lowest BCUT2D eigenvalue weighted by atomic mass is 10.00. The van der Waals surface area contributed by atoms with Crippen molar-refractivity contribution in [2.24, 2.45) is 0 Å². The second-order valence-corrected chi connectivity index (χ2v) is 7.57. The molecule has 0 aliphatic carbocycles. The molecule has 31 heavy (non-hydrogen) atoms. The van der Waals surface area contributed by atoms with Crippen molar-refractivity contribution in [3.05, 3.63) is 107 Å². The Morgan fingerprint density at radius 3 is 2.03 bits per heavy atom. The lowest BCUT2D eigenvalue weighted by Crippen LogP contribution is -1.90. The molecule has 0 bridgehead atoms. The Labute approximate surface area is 180 Å². The second-order valence-electron chi connectivity index (χ2n) is 7.57. The normalized spacial score (nSPS) is 10.7. The molecule has 0 amide bonds. The van der Waals surface area contributed by atoms with E-state index in [1.54, 1.807) is 24.3 Å². The molecule has 0 nitrogen and oxygen atoms in total. The predicted octanol–water partition coefficient (Wildman–Crippen LogP) is 7.67. The Morgan fingerprint density at radius 2 is 1.32 bits per heavy atom. The van der Waals surface area contributed by atoms with E-state index in [0.717, 1.165) is 36.0 Å². The average molecular weight is 414 g/mol. The first-order chi connectivity index (χ1) is 15.0. The van der Waals surface area contributed by atoms with Gasteiger partial charge < -0.3 is 0 Å². The van der Waals surface area contributed by atoms with Crippen LogP contribution in [0.1, 0.15) is 36.5 Å². The molecule has 0 N–H and O–H groups in total. The summed E-state index contributed by atoms with van der Waals surface area (Å²) in [6.07, 6.45) is 3.02. The summed E-state index contributed by atoms with van der Waals surface area (Å²) in [6, 6.07) is 20.4. The van der Waals surface area contributed by atoms with Crippen LogP contribution in [0.3, 0.4) is 0 Å². The quantitative estimate of drug-likeness (QED) is 0.301. The minimum absolute atomic E-state index is 0.215. The van der Waals surface area contributed by atoms with Gasteiger partial charge in [0.05, 0.1) is 0 Å². The molecule has 4 rings (SSSR count). The first kappa shape index (κ1) is 20.8. The van der Waals surface area contributed by atoms with E-state index < -0.39 is 11.6 Å². The Hall–Kier alpha value is -3.51. The third kappa shape index (κ3) is 4.81. The number of fused-ring (bicyclic) bond motifs is 1. The SMILES string of the molecule is CCCCc1ccc(-c2ccc(C#Cc3ccc4cc(F)c(F)cc4c3)cc2)c(F)c1. The fraction of sp³-hybridized carbons (Fsp3) is 0.143. The fourth-order valence-electron chi connectivity index (χ4n) is 3.53. The molecular formula is C28H21F3. The van der Waals surface area contributed by atoms with Crippen LogP contribution in [0.25, 0.3) is 21.9 Å². The van der Waals surface area contributed by atoms with Gasteiger partial charge in [-0.05, 0) is 77.2 Å². The van der Waals surface area contributed by atoms with Gasteiger partial charge in [0.1, 0.15) is 5.82 Å². The van der Waals surface area contributed by atoms with Gasteiger partial charge in [-0.3, -0.25) is 0 Å². The molecule has 0 spiro atoms. The average Bonchev–Trinajstić information content (AvgIpc) is 2.77. The third-order valence-electron chi connectivity index (χ3n) is 5.28. The van der Waals surface area contributed by atoms with Crippen LogP contribution in [0.2, 0.25) is 0 Å². The Kier molecular flexibility index (Phi) is 6.09. The highest BCUT2D eigenvalue weighted by Gasteiger charge is 2.07. The summed E-state index contributed by atoms with van der Waals surface area (Å²) < 4.78 is 41.4. The maximum absolute atomic E-state index is 14.5. The molecule has 154 valence electrons. The fourth-order valence-corrected chi connectivity index (χ4v) is 3.53. The zero-order valence-electron chi connectivity index (χ0n) is 17.2. The maximum atomic E-state index is 14.5. The summed E-state index contributed by atoms with van der Waals surface area (Å²) in [4.78, 5) is 0. The standard InChI is InChI=1S/C28H21F3/c1-2-3-4-20-10-14-25(26(29)16-20)22-11-7-19(8-12-22)5-6-21-9-13-23-17-27(30)28(31)18-24(23)15-21/h7-18H,2-4H2,1H3. The van der Waals surface area contributed by atoms with Crippen LogP contribution in [-0.2, 0) is 6.42 Å². The highest BCUT2D eigenvalue weighted by molar-refractivity contribution is 5.84. The number of aryl methyl sites for hydroxylation is 1. The predicted molar refractivity (Wildman–Crippen MR) is 120 cm³/mol. The van der Waals surface area contributed by atoms with Crippen molar-refractivity contribution in [2.75, 3.05) is 0 Å². The van der Waals surface area contributed by atoms with Crippen molar-refractivity contribution in [3.63, 3.8) is 0 Å². The lowest BCUT2D eigenvalue weighted by molar-refractivity contribution is 0.511. The summed E-state index contributed by atoms with van der Waals surface area (Å²) in [5, 5.41) is 1.22. The number of unbranched alkanes of at least 4 members (excludes halogenated alkanes) is 1. The number of rotatable bonds is 4. The highest BCUT2D eigenvalue weighted by atomic mass is 19.2. The van der Waals surface area contributed by atoms with Gasteiger partial charge in [-0.1, -0.05) is 55.5 Å². The Morgan fingerprint density at radius 1 is 0.645 bits per heavy atom. The molecule has 4 aromatic rings. The van der Waals surface area contributed by atoms with Crippen molar-refractivity contribution in [2.45, 2.75) is 26.2 Å². The highest BCUT2D eigenvalue weighted by Crippen LogP contribution is 2.25. The van der Waals surface area contributed by atoms with Crippen molar-refractivity contribution < 1.29 is 13.2 Å². The van der Waals surface area contributed by atoms with E-state index in [0.29, 0.717) is 21.9 Å². The van der Waals surface area contributed by atoms with Crippen molar-refractivity contribution in [3.8, 4) is 23.0 Å². The van der Waals surface area contributed by atoms with Gasteiger partial charge in [0.2, 0.25) is 0 Å². The lowest BCUT2D eigenvalue weighted by Gasteiger charge is -2.06. The zero-order valence-corrected chi connectivity index (χ0v) is 17.2. The van der Waals surface area contributed by atoms with E-state index in [-0.39, 0.29) is 5.82 Å². The number of benzene rings is 4. The summed E-state index contributed by atoms with van der Waals surface area (Å²) in [5.41, 5.74) is 3.88. The van der Waals surface area contributed by atoms with Crippen molar-refractivity contribution in [1.29, 1.82) is 0 Å². The molecule has 0 aliphatic heterocycles. The minimum atomic E-state index is -0.876. The second kappa shape index (κ2) is 9.10.